The molecule has 5 heteroatoms. The van der Waals surface area contributed by atoms with Crippen molar-refractivity contribution in [1.29, 1.82) is 0 Å². The standard InChI is InChI=1S/C15H21BrN2O2/c1-5-18(6-2)14(19)10-17(4)15(20)12-8-7-11(3)9-13(12)16/h7-9H,5-6,10H2,1-4H3. The number of rotatable bonds is 5. The van der Waals surface area contributed by atoms with Gasteiger partial charge in [0.1, 0.15) is 0 Å². The minimum absolute atomic E-state index is 0.0333. The zero-order valence-electron chi connectivity index (χ0n) is 12.4. The van der Waals surface area contributed by atoms with Crippen molar-refractivity contribution in [3.63, 3.8) is 0 Å². The molecule has 1 aromatic carbocycles. The quantitative estimate of drug-likeness (QED) is 0.826. The Morgan fingerprint density at radius 1 is 1.20 bits per heavy atom. The smallest absolute Gasteiger partial charge is 0.255 e. The number of carbonyl (C=O) groups is 2. The minimum atomic E-state index is -0.155. The second-order valence-electron chi connectivity index (χ2n) is 4.71. The van der Waals surface area contributed by atoms with E-state index >= 15 is 0 Å². The van der Waals surface area contributed by atoms with Crippen LogP contribution in [0.4, 0.5) is 0 Å². The number of hydrogen-bond donors (Lipinski definition) is 0. The first-order valence-electron chi connectivity index (χ1n) is 6.70. The second kappa shape index (κ2) is 7.43. The average molecular weight is 341 g/mol. The molecular formula is C15H21BrN2O2. The van der Waals surface area contributed by atoms with Gasteiger partial charge in [0.25, 0.3) is 5.91 Å². The average Bonchev–Trinajstić information content (AvgIpc) is 2.39. The van der Waals surface area contributed by atoms with Gasteiger partial charge >= 0.3 is 0 Å². The molecule has 1 rings (SSSR count). The van der Waals surface area contributed by atoms with E-state index in [9.17, 15) is 9.59 Å². The van der Waals surface area contributed by atoms with E-state index in [1.165, 1.54) is 4.90 Å². The van der Waals surface area contributed by atoms with Gasteiger partial charge in [0.15, 0.2) is 0 Å². The third-order valence-electron chi connectivity index (χ3n) is 3.19. The first kappa shape index (κ1) is 16.7. The molecule has 0 aliphatic heterocycles. The maximum atomic E-state index is 12.3. The number of aryl methyl sites for hydroxylation is 1. The second-order valence-corrected chi connectivity index (χ2v) is 5.56. The van der Waals surface area contributed by atoms with Crippen molar-refractivity contribution >= 4 is 27.7 Å². The summed E-state index contributed by atoms with van der Waals surface area (Å²) >= 11 is 3.40. The van der Waals surface area contributed by atoms with Crippen LogP contribution in [0.1, 0.15) is 29.8 Å². The van der Waals surface area contributed by atoms with Gasteiger partial charge in [-0.05, 0) is 54.4 Å². The molecule has 1 aromatic rings. The molecule has 0 aliphatic carbocycles. The zero-order valence-corrected chi connectivity index (χ0v) is 14.0. The van der Waals surface area contributed by atoms with E-state index in [1.807, 2.05) is 32.9 Å². The Balaban J connectivity index is 2.79. The van der Waals surface area contributed by atoms with Crippen molar-refractivity contribution in [3.05, 3.63) is 33.8 Å². The van der Waals surface area contributed by atoms with E-state index in [1.54, 1.807) is 18.0 Å². The van der Waals surface area contributed by atoms with Gasteiger partial charge in [-0.1, -0.05) is 6.07 Å². The van der Waals surface area contributed by atoms with E-state index in [0.29, 0.717) is 18.7 Å². The third-order valence-corrected chi connectivity index (χ3v) is 3.85. The van der Waals surface area contributed by atoms with Crippen LogP contribution in [0.2, 0.25) is 0 Å². The Bertz CT molecular complexity index is 499. The van der Waals surface area contributed by atoms with Gasteiger partial charge < -0.3 is 9.80 Å². The SMILES string of the molecule is CCN(CC)C(=O)CN(C)C(=O)c1ccc(C)cc1Br. The van der Waals surface area contributed by atoms with Crippen molar-refractivity contribution < 1.29 is 9.59 Å². The van der Waals surface area contributed by atoms with E-state index < -0.39 is 0 Å². The van der Waals surface area contributed by atoms with Crippen molar-refractivity contribution in [1.82, 2.24) is 9.80 Å². The lowest BCUT2D eigenvalue weighted by atomic mass is 10.1. The summed E-state index contributed by atoms with van der Waals surface area (Å²) in [5, 5.41) is 0. The van der Waals surface area contributed by atoms with Crippen LogP contribution in [0, 0.1) is 6.92 Å². The highest BCUT2D eigenvalue weighted by Crippen LogP contribution is 2.19. The maximum Gasteiger partial charge on any atom is 0.255 e. The topological polar surface area (TPSA) is 40.6 Å². The van der Waals surface area contributed by atoms with Crippen molar-refractivity contribution in [2.24, 2.45) is 0 Å². The summed E-state index contributed by atoms with van der Waals surface area (Å²) in [5.41, 5.74) is 1.65. The van der Waals surface area contributed by atoms with Gasteiger partial charge in [0.05, 0.1) is 12.1 Å². The van der Waals surface area contributed by atoms with Crippen molar-refractivity contribution in [2.45, 2.75) is 20.8 Å². The van der Waals surface area contributed by atoms with Crippen molar-refractivity contribution in [3.8, 4) is 0 Å². The van der Waals surface area contributed by atoms with Crippen LogP contribution in [0.5, 0.6) is 0 Å². The zero-order chi connectivity index (χ0) is 15.3. The van der Waals surface area contributed by atoms with Crippen LogP contribution in [0.25, 0.3) is 0 Å². The van der Waals surface area contributed by atoms with Crippen molar-refractivity contribution in [2.75, 3.05) is 26.7 Å². The maximum absolute atomic E-state index is 12.3. The van der Waals surface area contributed by atoms with E-state index in [-0.39, 0.29) is 18.4 Å². The Morgan fingerprint density at radius 3 is 2.30 bits per heavy atom. The summed E-state index contributed by atoms with van der Waals surface area (Å²) < 4.78 is 0.754. The van der Waals surface area contributed by atoms with Crippen LogP contribution in [-0.4, -0.2) is 48.3 Å². The number of likely N-dealkylation sites (N-methyl/N-ethyl adjacent to an activating group) is 2. The Hall–Kier alpha value is -1.36. The summed E-state index contributed by atoms with van der Waals surface area (Å²) in [6.45, 7) is 7.24. The highest BCUT2D eigenvalue weighted by molar-refractivity contribution is 9.10. The van der Waals surface area contributed by atoms with Gasteiger partial charge in [-0.2, -0.15) is 0 Å². The molecule has 0 spiro atoms. The third kappa shape index (κ3) is 4.07. The lowest BCUT2D eigenvalue weighted by molar-refractivity contribution is -0.131. The molecule has 0 aliphatic rings. The normalized spacial score (nSPS) is 10.2. The molecule has 110 valence electrons. The summed E-state index contributed by atoms with van der Waals surface area (Å²) in [7, 11) is 1.65. The lowest BCUT2D eigenvalue weighted by Crippen LogP contribution is -2.41. The van der Waals surface area contributed by atoms with Gasteiger partial charge in [0, 0.05) is 24.6 Å². The molecule has 2 amide bonds. The molecule has 4 nitrogen and oxygen atoms in total. The predicted molar refractivity (Wildman–Crippen MR) is 83.8 cm³/mol. The van der Waals surface area contributed by atoms with Crippen LogP contribution < -0.4 is 0 Å². The van der Waals surface area contributed by atoms with E-state index in [4.69, 9.17) is 0 Å². The Kier molecular flexibility index (Phi) is 6.20. The minimum Gasteiger partial charge on any atom is -0.342 e. The van der Waals surface area contributed by atoms with Crippen LogP contribution in [0.3, 0.4) is 0 Å². The number of nitrogens with zero attached hydrogens (tertiary/aromatic N) is 2. The molecule has 0 N–H and O–H groups in total. The monoisotopic (exact) mass is 340 g/mol. The van der Waals surface area contributed by atoms with Crippen LogP contribution in [0.15, 0.2) is 22.7 Å². The molecule has 0 heterocycles. The fourth-order valence-electron chi connectivity index (χ4n) is 1.95. The fourth-order valence-corrected chi connectivity index (χ4v) is 2.61. The van der Waals surface area contributed by atoms with Gasteiger partial charge in [-0.15, -0.1) is 0 Å². The Labute approximate surface area is 128 Å². The van der Waals surface area contributed by atoms with E-state index in [2.05, 4.69) is 15.9 Å². The number of benzene rings is 1. The molecule has 0 bridgehead atoms. The molecule has 0 aromatic heterocycles. The molecule has 0 atom stereocenters. The lowest BCUT2D eigenvalue weighted by Gasteiger charge is -2.23. The molecule has 0 saturated carbocycles. The first-order valence-corrected chi connectivity index (χ1v) is 7.49. The summed E-state index contributed by atoms with van der Waals surface area (Å²) in [4.78, 5) is 27.5. The summed E-state index contributed by atoms with van der Waals surface area (Å²) in [6, 6.07) is 5.56. The van der Waals surface area contributed by atoms with E-state index in [0.717, 1.165) is 10.0 Å². The number of hydrogen-bond acceptors (Lipinski definition) is 2. The van der Waals surface area contributed by atoms with Gasteiger partial charge in [0.2, 0.25) is 5.91 Å². The highest BCUT2D eigenvalue weighted by Gasteiger charge is 2.19. The van der Waals surface area contributed by atoms with Gasteiger partial charge in [-0.25, -0.2) is 0 Å². The van der Waals surface area contributed by atoms with Crippen LogP contribution >= 0.6 is 15.9 Å². The molecule has 0 fully saturated rings. The number of carbonyl (C=O) groups excluding carboxylic acids is 2. The largest absolute Gasteiger partial charge is 0.342 e. The number of amides is 2. The molecular weight excluding hydrogens is 320 g/mol. The highest BCUT2D eigenvalue weighted by atomic mass is 79.9. The number of halogens is 1. The fraction of sp³-hybridized carbons (Fsp3) is 0.467. The predicted octanol–water partition coefficient (Wildman–Crippen LogP) is 2.70. The van der Waals surface area contributed by atoms with Gasteiger partial charge in [-0.3, -0.25) is 9.59 Å². The summed E-state index contributed by atoms with van der Waals surface area (Å²) in [6.07, 6.45) is 0. The molecule has 0 radical (unpaired) electrons. The molecule has 0 unspecified atom stereocenters. The molecule has 20 heavy (non-hydrogen) atoms. The molecule has 0 saturated heterocycles. The first-order chi connectivity index (χ1) is 9.40. The summed E-state index contributed by atoms with van der Waals surface area (Å²) in [5.74, 6) is -0.188. The van der Waals surface area contributed by atoms with Crippen LogP contribution in [-0.2, 0) is 4.79 Å². The Morgan fingerprint density at radius 2 is 1.80 bits per heavy atom.